The number of aliphatic carboxylic acids is 1. The van der Waals surface area contributed by atoms with E-state index in [1.54, 1.807) is 24.1 Å². The topological polar surface area (TPSA) is 167 Å². The van der Waals surface area contributed by atoms with Gasteiger partial charge in [-0.2, -0.15) is 0 Å². The van der Waals surface area contributed by atoms with Gasteiger partial charge in [-0.15, -0.1) is 0 Å². The largest absolute Gasteiger partial charge is 0.496 e. The third-order valence-corrected chi connectivity index (χ3v) is 7.66. The van der Waals surface area contributed by atoms with Gasteiger partial charge in [0.25, 0.3) is 0 Å². The van der Waals surface area contributed by atoms with Crippen molar-refractivity contribution in [2.45, 2.75) is 51.9 Å². The zero-order valence-corrected chi connectivity index (χ0v) is 21.3. The van der Waals surface area contributed by atoms with Crippen LogP contribution in [0.2, 0.25) is 0 Å². The zero-order valence-electron chi connectivity index (χ0n) is 20.4. The Balaban J connectivity index is 1.77. The number of imidazole rings is 1. The monoisotopic (exact) mass is 505 g/mol. The lowest BCUT2D eigenvalue weighted by atomic mass is 10.1. The van der Waals surface area contributed by atoms with Crippen LogP contribution >= 0.6 is 7.44 Å². The summed E-state index contributed by atoms with van der Waals surface area (Å²) in [7, 11) is -2.02. The van der Waals surface area contributed by atoms with Crippen molar-refractivity contribution in [3.8, 4) is 5.75 Å². The van der Waals surface area contributed by atoms with E-state index in [1.165, 1.54) is 20.2 Å². The molecular weight excluding hydrogens is 473 g/mol. The van der Waals surface area contributed by atoms with Crippen molar-refractivity contribution in [2.75, 3.05) is 19.2 Å². The first kappa shape index (κ1) is 26.6. The molecule has 3 atom stereocenters. The first-order chi connectivity index (χ1) is 16.5. The minimum absolute atomic E-state index is 0.256. The summed E-state index contributed by atoms with van der Waals surface area (Å²) in [4.78, 5) is 24.1. The number of nitrogen functional groups attached to an aromatic ring is 1. The van der Waals surface area contributed by atoms with Crippen molar-refractivity contribution in [3.63, 3.8) is 0 Å². The van der Waals surface area contributed by atoms with E-state index in [-0.39, 0.29) is 12.2 Å². The van der Waals surface area contributed by atoms with Crippen LogP contribution in [0.4, 0.5) is 5.82 Å². The molecule has 0 fully saturated rings. The molecule has 0 aliphatic carbocycles. The van der Waals surface area contributed by atoms with Crippen molar-refractivity contribution in [3.05, 3.63) is 42.5 Å². The Morgan fingerprint density at radius 3 is 2.66 bits per heavy atom. The lowest BCUT2D eigenvalue weighted by molar-refractivity contribution is -0.142. The first-order valence-corrected chi connectivity index (χ1v) is 12.9. The highest BCUT2D eigenvalue weighted by atomic mass is 31.2. The van der Waals surface area contributed by atoms with Crippen LogP contribution in [-0.2, 0) is 20.6 Å². The second-order valence-electron chi connectivity index (χ2n) is 8.81. The number of para-hydroxylation sites is 1. The maximum Gasteiger partial charge on any atom is 0.323 e. The van der Waals surface area contributed by atoms with Crippen LogP contribution in [-0.4, -0.2) is 55.7 Å². The third-order valence-electron chi connectivity index (χ3n) is 5.43. The first-order valence-electron chi connectivity index (χ1n) is 11.0. The van der Waals surface area contributed by atoms with E-state index >= 15 is 0 Å². The lowest BCUT2D eigenvalue weighted by Crippen LogP contribution is -2.47. The van der Waals surface area contributed by atoms with Gasteiger partial charge in [-0.05, 0) is 33.8 Å². The second-order valence-corrected chi connectivity index (χ2v) is 11.0. The molecule has 0 aliphatic rings. The molecule has 5 N–H and O–H groups in total. The Hall–Kier alpha value is -3.05. The summed E-state index contributed by atoms with van der Waals surface area (Å²) in [6.45, 7) is 6.89. The number of carbonyl (C=O) groups is 1. The Morgan fingerprint density at radius 1 is 1.26 bits per heavy atom. The Kier molecular flexibility index (Phi) is 8.11. The molecule has 2 heterocycles. The molecule has 0 amide bonds. The normalized spacial score (nSPS) is 15.5. The summed E-state index contributed by atoms with van der Waals surface area (Å²) >= 11 is 0. The van der Waals surface area contributed by atoms with Gasteiger partial charge in [0.15, 0.2) is 11.5 Å². The summed E-state index contributed by atoms with van der Waals surface area (Å²) in [6, 6.07) is 6.91. The average molecular weight is 506 g/mol. The maximum absolute atomic E-state index is 14.0. The van der Waals surface area contributed by atoms with E-state index in [1.807, 2.05) is 32.0 Å². The Bertz CT molecular complexity index is 1230. The van der Waals surface area contributed by atoms with Crippen molar-refractivity contribution in [2.24, 2.45) is 0 Å². The van der Waals surface area contributed by atoms with E-state index in [2.05, 4.69) is 25.1 Å². The fourth-order valence-corrected chi connectivity index (χ4v) is 6.03. The molecule has 0 aliphatic heterocycles. The number of fused-ring (bicyclic) bond motifs is 1. The molecule has 12 nitrogen and oxygen atoms in total. The number of nitrogens with two attached hydrogens (primary N) is 1. The molecule has 3 aromatic rings. The number of aromatic nitrogens is 4. The summed E-state index contributed by atoms with van der Waals surface area (Å²) in [5, 5.41) is 15.5. The molecule has 2 aromatic heterocycles. The van der Waals surface area contributed by atoms with Gasteiger partial charge in [-0.25, -0.2) is 25.1 Å². The third kappa shape index (κ3) is 6.34. The van der Waals surface area contributed by atoms with Crippen LogP contribution in [0.1, 0.15) is 39.3 Å². The molecule has 0 spiro atoms. The minimum atomic E-state index is -3.58. The number of nitrogens with zero attached hydrogens (tertiary/aromatic N) is 4. The number of hydrogen-bond donors (Lipinski definition) is 4. The number of nitrogens with one attached hydrogen (secondary N) is 2. The number of carboxylic acid groups (broad SMARTS) is 1. The van der Waals surface area contributed by atoms with Crippen LogP contribution in [0.3, 0.4) is 0 Å². The molecule has 190 valence electrons. The van der Waals surface area contributed by atoms with Gasteiger partial charge in [0.1, 0.15) is 29.5 Å². The smallest absolute Gasteiger partial charge is 0.323 e. The molecule has 0 saturated carbocycles. The number of carboxylic acids is 1. The average Bonchev–Trinajstić information content (AvgIpc) is 3.21. The van der Waals surface area contributed by atoms with E-state index in [0.717, 1.165) is 5.56 Å². The van der Waals surface area contributed by atoms with Crippen molar-refractivity contribution >= 4 is 30.4 Å². The van der Waals surface area contributed by atoms with Gasteiger partial charge in [0.2, 0.25) is 7.44 Å². The summed E-state index contributed by atoms with van der Waals surface area (Å²) in [6.07, 6.45) is 2.28. The Labute approximate surface area is 203 Å². The van der Waals surface area contributed by atoms with Crippen LogP contribution in [0, 0.1) is 0 Å². The molecule has 1 aromatic carbocycles. The summed E-state index contributed by atoms with van der Waals surface area (Å²) in [5.41, 5.74) is 6.20. The molecule has 1 unspecified atom stereocenters. The highest BCUT2D eigenvalue weighted by molar-refractivity contribution is 7.59. The number of rotatable bonds is 12. The van der Waals surface area contributed by atoms with E-state index in [0.29, 0.717) is 23.5 Å². The number of ether oxygens (including phenoxy) is 2. The fraction of sp³-hybridized carbons (Fsp3) is 0.455. The fourth-order valence-electron chi connectivity index (χ4n) is 3.60. The van der Waals surface area contributed by atoms with E-state index in [4.69, 9.17) is 15.2 Å². The van der Waals surface area contributed by atoms with Gasteiger partial charge in [0, 0.05) is 11.6 Å². The van der Waals surface area contributed by atoms with Crippen LogP contribution in [0.15, 0.2) is 36.9 Å². The number of hydrogen-bond acceptors (Lipinski definition) is 8. The highest BCUT2D eigenvalue weighted by Crippen LogP contribution is 2.43. The van der Waals surface area contributed by atoms with E-state index in [9.17, 15) is 14.5 Å². The standard InChI is InChI=1S/C22H32N7O5P/c1-14(10-29-12-26-18-19(23)24-11-25-20(18)29)34-13-35(32,28-22(3,4)21(30)31)27-15(2)16-8-6-7-9-17(16)33-5/h6-9,11-12,14-15H,10,13H2,1-5H3,(H,30,31)(H2,23,24,25)(H2,27,28,32)/t14-,15+,35?/m0/s1. The minimum Gasteiger partial charge on any atom is -0.496 e. The molecule has 0 saturated heterocycles. The number of methoxy groups -OCH3 is 1. The van der Waals surface area contributed by atoms with Crippen LogP contribution in [0.25, 0.3) is 11.2 Å². The summed E-state index contributed by atoms with van der Waals surface area (Å²) in [5.74, 6) is -0.236. The van der Waals surface area contributed by atoms with Crippen LogP contribution in [0.5, 0.6) is 5.75 Å². The quantitative estimate of drug-likeness (QED) is 0.267. The SMILES string of the molecule is COc1ccccc1[C@@H](C)NP(=O)(CO[C@@H](C)Cn1cnc2c(N)ncnc21)NC(C)(C)C(=O)O. The predicted octanol–water partition coefficient (Wildman–Crippen LogP) is 2.78. The molecular formula is C22H32N7O5P. The molecule has 0 bridgehead atoms. The van der Waals surface area contributed by atoms with Gasteiger partial charge in [-0.1, -0.05) is 18.2 Å². The maximum atomic E-state index is 14.0. The van der Waals surface area contributed by atoms with Gasteiger partial charge >= 0.3 is 5.97 Å². The van der Waals surface area contributed by atoms with Crippen LogP contribution < -0.4 is 20.6 Å². The molecule has 0 radical (unpaired) electrons. The van der Waals surface area contributed by atoms with Crippen molar-refractivity contribution in [1.29, 1.82) is 0 Å². The lowest BCUT2D eigenvalue weighted by Gasteiger charge is -2.32. The molecule has 35 heavy (non-hydrogen) atoms. The second kappa shape index (κ2) is 10.7. The van der Waals surface area contributed by atoms with Gasteiger partial charge < -0.3 is 24.9 Å². The van der Waals surface area contributed by atoms with Crippen molar-refractivity contribution < 1.29 is 23.9 Å². The predicted molar refractivity (Wildman–Crippen MR) is 132 cm³/mol. The number of benzene rings is 1. The highest BCUT2D eigenvalue weighted by Gasteiger charge is 2.37. The van der Waals surface area contributed by atoms with Crippen molar-refractivity contribution in [1.82, 2.24) is 29.7 Å². The summed E-state index contributed by atoms with van der Waals surface area (Å²) < 4.78 is 27.1. The molecule has 13 heteroatoms. The Morgan fingerprint density at radius 2 is 1.97 bits per heavy atom. The number of anilines is 1. The van der Waals surface area contributed by atoms with Gasteiger partial charge in [0.05, 0.1) is 26.1 Å². The molecule has 3 rings (SSSR count). The van der Waals surface area contributed by atoms with Gasteiger partial charge in [-0.3, -0.25) is 9.36 Å². The van der Waals surface area contributed by atoms with E-state index < -0.39 is 31.1 Å². The zero-order chi connectivity index (χ0) is 25.8.